The van der Waals surface area contributed by atoms with Crippen LogP contribution in [0.1, 0.15) is 20.8 Å². The van der Waals surface area contributed by atoms with Crippen molar-refractivity contribution < 1.29 is 0 Å². The summed E-state index contributed by atoms with van der Waals surface area (Å²) in [6.45, 7) is 7.05. The topological polar surface area (TPSA) is 55.9 Å². The van der Waals surface area contributed by atoms with Crippen molar-refractivity contribution in [1.82, 2.24) is 9.55 Å². The molecule has 3 N–H and O–H groups in total. The lowest BCUT2D eigenvalue weighted by Crippen LogP contribution is -2.36. The molecule has 1 rings (SSSR count). The molecule has 0 aliphatic rings. The summed E-state index contributed by atoms with van der Waals surface area (Å²) in [7, 11) is 0. The summed E-state index contributed by atoms with van der Waals surface area (Å²) in [5, 5.41) is 3.27. The van der Waals surface area contributed by atoms with Crippen LogP contribution in [0, 0.1) is 0 Å². The Morgan fingerprint density at radius 3 is 2.85 bits per heavy atom. The molecule has 1 aromatic heterocycles. The molecule has 2 unspecified atom stereocenters. The van der Waals surface area contributed by atoms with Crippen LogP contribution in [0.3, 0.4) is 0 Å². The number of hydrogen-bond donors (Lipinski definition) is 2. The molecule has 1 aromatic rings. The summed E-state index contributed by atoms with van der Waals surface area (Å²) < 4.78 is 2.05. The molecule has 0 aliphatic carbocycles. The lowest BCUT2D eigenvalue weighted by atomic mass is 10.2. The molecule has 74 valence electrons. The largest absolute Gasteiger partial charge is 0.352 e. The highest BCUT2D eigenvalue weighted by Crippen LogP contribution is 2.06. The number of aromatic nitrogens is 2. The first kappa shape index (κ1) is 10.1. The molecule has 0 saturated carbocycles. The van der Waals surface area contributed by atoms with Crippen LogP contribution >= 0.6 is 0 Å². The molecule has 0 aromatic carbocycles. The summed E-state index contributed by atoms with van der Waals surface area (Å²) >= 11 is 0. The fraction of sp³-hybridized carbons (Fsp3) is 0.667. The van der Waals surface area contributed by atoms with Crippen LogP contribution in [0.15, 0.2) is 12.4 Å². The first-order chi connectivity index (χ1) is 6.15. The van der Waals surface area contributed by atoms with Crippen molar-refractivity contribution in [2.75, 3.05) is 5.32 Å². The van der Waals surface area contributed by atoms with Gasteiger partial charge in [-0.25, -0.2) is 4.98 Å². The number of nitrogens with zero attached hydrogens (tertiary/aromatic N) is 2. The molecule has 0 fully saturated rings. The normalized spacial score (nSPS) is 15.4. The summed E-state index contributed by atoms with van der Waals surface area (Å²) in [6.07, 6.45) is 3.75. The Balaban J connectivity index is 2.62. The second kappa shape index (κ2) is 4.28. The third-order valence-corrected chi connectivity index (χ3v) is 2.20. The average Bonchev–Trinajstić information content (AvgIpc) is 2.51. The van der Waals surface area contributed by atoms with Crippen molar-refractivity contribution in [2.45, 2.75) is 39.4 Å². The molecule has 0 radical (unpaired) electrons. The van der Waals surface area contributed by atoms with Crippen LogP contribution in [0.4, 0.5) is 5.95 Å². The van der Waals surface area contributed by atoms with Crippen molar-refractivity contribution >= 4 is 5.95 Å². The molecular weight excluding hydrogens is 164 g/mol. The molecular formula is C9H18N4. The van der Waals surface area contributed by atoms with E-state index in [0.29, 0.717) is 0 Å². The fourth-order valence-electron chi connectivity index (χ4n) is 1.04. The van der Waals surface area contributed by atoms with Crippen LogP contribution in [0.2, 0.25) is 0 Å². The second-order valence-corrected chi connectivity index (χ2v) is 3.33. The molecule has 1 heterocycles. The van der Waals surface area contributed by atoms with E-state index in [-0.39, 0.29) is 12.1 Å². The lowest BCUT2D eigenvalue weighted by Gasteiger charge is -2.18. The van der Waals surface area contributed by atoms with Crippen LogP contribution in [-0.2, 0) is 6.54 Å². The standard InChI is InChI=1S/C9H18N4/c1-4-13-6-5-11-9(13)12-8(3)7(2)10/h5-8H,4,10H2,1-3H3,(H,11,12). The van der Waals surface area contributed by atoms with Gasteiger partial charge in [0.05, 0.1) is 0 Å². The molecule has 4 heteroatoms. The van der Waals surface area contributed by atoms with Gasteiger partial charge in [-0.2, -0.15) is 0 Å². The monoisotopic (exact) mass is 182 g/mol. The van der Waals surface area contributed by atoms with E-state index in [0.717, 1.165) is 12.5 Å². The Morgan fingerprint density at radius 1 is 1.62 bits per heavy atom. The fourth-order valence-corrected chi connectivity index (χ4v) is 1.04. The number of anilines is 1. The molecule has 0 amide bonds. The van der Waals surface area contributed by atoms with Gasteiger partial charge in [0, 0.05) is 31.0 Å². The van der Waals surface area contributed by atoms with Crippen molar-refractivity contribution in [3.8, 4) is 0 Å². The third-order valence-electron chi connectivity index (χ3n) is 2.20. The maximum atomic E-state index is 5.74. The van der Waals surface area contributed by atoms with Gasteiger partial charge in [-0.1, -0.05) is 0 Å². The van der Waals surface area contributed by atoms with Crippen molar-refractivity contribution in [2.24, 2.45) is 5.73 Å². The number of aryl methyl sites for hydroxylation is 1. The van der Waals surface area contributed by atoms with Gasteiger partial charge in [-0.15, -0.1) is 0 Å². The van der Waals surface area contributed by atoms with E-state index in [1.807, 2.05) is 13.1 Å². The van der Waals surface area contributed by atoms with Gasteiger partial charge in [-0.3, -0.25) is 0 Å². The summed E-state index contributed by atoms with van der Waals surface area (Å²) in [5.74, 6) is 0.896. The van der Waals surface area contributed by atoms with Crippen LogP contribution < -0.4 is 11.1 Å². The SMILES string of the molecule is CCn1ccnc1NC(C)C(C)N. The van der Waals surface area contributed by atoms with Crippen LogP contribution in [-0.4, -0.2) is 21.6 Å². The quantitative estimate of drug-likeness (QED) is 0.731. The molecule has 0 spiro atoms. The van der Waals surface area contributed by atoms with Crippen molar-refractivity contribution in [1.29, 1.82) is 0 Å². The average molecular weight is 182 g/mol. The molecule has 0 bridgehead atoms. The summed E-state index contributed by atoms with van der Waals surface area (Å²) in [6, 6.07) is 0.370. The lowest BCUT2D eigenvalue weighted by molar-refractivity contribution is 0.624. The van der Waals surface area contributed by atoms with Gasteiger partial charge in [0.1, 0.15) is 0 Å². The van der Waals surface area contributed by atoms with Crippen molar-refractivity contribution in [3.05, 3.63) is 12.4 Å². The maximum Gasteiger partial charge on any atom is 0.203 e. The smallest absolute Gasteiger partial charge is 0.203 e. The van der Waals surface area contributed by atoms with E-state index < -0.39 is 0 Å². The molecule has 13 heavy (non-hydrogen) atoms. The zero-order valence-electron chi connectivity index (χ0n) is 8.49. The summed E-state index contributed by atoms with van der Waals surface area (Å²) in [4.78, 5) is 4.21. The predicted molar refractivity (Wildman–Crippen MR) is 54.6 cm³/mol. The second-order valence-electron chi connectivity index (χ2n) is 3.33. The number of nitrogens with two attached hydrogens (primary N) is 1. The first-order valence-corrected chi connectivity index (χ1v) is 4.68. The van der Waals surface area contributed by atoms with Gasteiger partial charge >= 0.3 is 0 Å². The van der Waals surface area contributed by atoms with E-state index in [1.165, 1.54) is 0 Å². The minimum Gasteiger partial charge on any atom is -0.352 e. The minimum atomic E-state index is 0.127. The van der Waals surface area contributed by atoms with Gasteiger partial charge in [0.25, 0.3) is 0 Å². The van der Waals surface area contributed by atoms with Gasteiger partial charge < -0.3 is 15.6 Å². The van der Waals surface area contributed by atoms with E-state index in [2.05, 4.69) is 28.7 Å². The minimum absolute atomic E-state index is 0.127. The Morgan fingerprint density at radius 2 is 2.31 bits per heavy atom. The molecule has 4 nitrogen and oxygen atoms in total. The number of rotatable bonds is 4. The van der Waals surface area contributed by atoms with E-state index in [9.17, 15) is 0 Å². The van der Waals surface area contributed by atoms with Crippen LogP contribution in [0.5, 0.6) is 0 Å². The van der Waals surface area contributed by atoms with Gasteiger partial charge in [0.15, 0.2) is 0 Å². The Labute approximate surface area is 79.1 Å². The maximum absolute atomic E-state index is 5.74. The van der Waals surface area contributed by atoms with Crippen molar-refractivity contribution in [3.63, 3.8) is 0 Å². The highest BCUT2D eigenvalue weighted by Gasteiger charge is 2.09. The number of imidazole rings is 1. The molecule has 0 saturated heterocycles. The van der Waals surface area contributed by atoms with Gasteiger partial charge in [0.2, 0.25) is 5.95 Å². The van der Waals surface area contributed by atoms with Crippen LogP contribution in [0.25, 0.3) is 0 Å². The molecule has 0 aliphatic heterocycles. The molecule has 2 atom stereocenters. The van der Waals surface area contributed by atoms with Gasteiger partial charge in [-0.05, 0) is 20.8 Å². The van der Waals surface area contributed by atoms with E-state index in [1.54, 1.807) is 6.20 Å². The Hall–Kier alpha value is -1.03. The van der Waals surface area contributed by atoms with E-state index >= 15 is 0 Å². The summed E-state index contributed by atoms with van der Waals surface area (Å²) in [5.41, 5.74) is 5.74. The van der Waals surface area contributed by atoms with E-state index in [4.69, 9.17) is 5.73 Å². The zero-order valence-corrected chi connectivity index (χ0v) is 8.49. The third kappa shape index (κ3) is 2.45. The predicted octanol–water partition coefficient (Wildman–Crippen LogP) is 1.05. The Kier molecular flexibility index (Phi) is 3.31. The Bertz CT molecular complexity index is 254. The zero-order chi connectivity index (χ0) is 9.84. The number of hydrogen-bond acceptors (Lipinski definition) is 3. The highest BCUT2D eigenvalue weighted by molar-refractivity contribution is 5.27. The first-order valence-electron chi connectivity index (χ1n) is 4.68. The number of nitrogens with one attached hydrogen (secondary N) is 1. The highest BCUT2D eigenvalue weighted by atomic mass is 15.2.